The summed E-state index contributed by atoms with van der Waals surface area (Å²) in [5.41, 5.74) is 3.01. The fourth-order valence-corrected chi connectivity index (χ4v) is 2.64. The third-order valence-corrected chi connectivity index (χ3v) is 3.80. The maximum Gasteiger partial charge on any atom is 0.573 e. The lowest BCUT2D eigenvalue weighted by molar-refractivity contribution is -0.275. The minimum Gasteiger partial charge on any atom is -0.405 e. The maximum atomic E-state index is 12.5. The molecule has 2 aromatic rings. The molecule has 0 fully saturated rings. The van der Waals surface area contributed by atoms with E-state index in [1.807, 2.05) is 32.0 Å². The highest BCUT2D eigenvalue weighted by molar-refractivity contribution is 5.93. The minimum absolute atomic E-state index is 0.0358. The molecule has 0 aliphatic rings. The molecule has 0 unspecified atom stereocenters. The third kappa shape index (κ3) is 5.77. The van der Waals surface area contributed by atoms with Gasteiger partial charge in [-0.3, -0.25) is 9.69 Å². The molecule has 0 aromatic heterocycles. The molecule has 0 saturated carbocycles. The molecule has 1 amide bonds. The summed E-state index contributed by atoms with van der Waals surface area (Å²) in [5, 5.41) is 2.86. The number of anilines is 1. The van der Waals surface area contributed by atoms with E-state index in [-0.39, 0.29) is 24.7 Å². The lowest BCUT2D eigenvalue weighted by atomic mass is 10.1. The van der Waals surface area contributed by atoms with Crippen molar-refractivity contribution in [3.05, 3.63) is 59.2 Å². The molecule has 0 aliphatic carbocycles. The molecule has 0 atom stereocenters. The Morgan fingerprint density at radius 2 is 1.69 bits per heavy atom. The second kappa shape index (κ2) is 8.23. The molecule has 0 heterocycles. The van der Waals surface area contributed by atoms with Crippen LogP contribution >= 0.6 is 0 Å². The molecule has 26 heavy (non-hydrogen) atoms. The van der Waals surface area contributed by atoms with Crippen molar-refractivity contribution in [1.29, 1.82) is 0 Å². The normalized spacial score (nSPS) is 11.5. The quantitative estimate of drug-likeness (QED) is 0.830. The zero-order valence-electron chi connectivity index (χ0n) is 14.9. The van der Waals surface area contributed by atoms with Gasteiger partial charge in [-0.15, -0.1) is 13.2 Å². The van der Waals surface area contributed by atoms with E-state index in [9.17, 15) is 18.0 Å². The largest absolute Gasteiger partial charge is 0.573 e. The van der Waals surface area contributed by atoms with Gasteiger partial charge in [0.1, 0.15) is 5.75 Å². The molecule has 0 radical (unpaired) electrons. The number of nitrogens with one attached hydrogen (secondary N) is 1. The van der Waals surface area contributed by atoms with Crippen LogP contribution in [0.15, 0.2) is 42.5 Å². The van der Waals surface area contributed by atoms with Crippen LogP contribution in [-0.2, 0) is 11.3 Å². The minimum atomic E-state index is -4.76. The first-order valence-corrected chi connectivity index (χ1v) is 8.04. The Labute approximate surface area is 150 Å². The van der Waals surface area contributed by atoms with Gasteiger partial charge in [0, 0.05) is 17.8 Å². The Balaban J connectivity index is 2.01. The van der Waals surface area contributed by atoms with E-state index in [4.69, 9.17) is 0 Å². The molecule has 7 heteroatoms. The van der Waals surface area contributed by atoms with Gasteiger partial charge < -0.3 is 10.1 Å². The number of alkyl halides is 3. The number of ether oxygens (including phenoxy) is 1. The van der Waals surface area contributed by atoms with Gasteiger partial charge in [-0.25, -0.2) is 0 Å². The molecular formula is C19H21F3N2O2. The summed E-state index contributed by atoms with van der Waals surface area (Å²) in [4.78, 5) is 13.9. The van der Waals surface area contributed by atoms with Crippen LogP contribution in [0.2, 0.25) is 0 Å². The molecule has 1 N–H and O–H groups in total. The van der Waals surface area contributed by atoms with E-state index in [1.165, 1.54) is 12.1 Å². The fourth-order valence-electron chi connectivity index (χ4n) is 2.64. The SMILES string of the molecule is Cc1cccc(C)c1NC(=O)CN(C)Cc1ccccc1OC(F)(F)F. The van der Waals surface area contributed by atoms with Crippen LogP contribution in [0.3, 0.4) is 0 Å². The van der Waals surface area contributed by atoms with Crippen molar-refractivity contribution in [2.75, 3.05) is 18.9 Å². The number of benzene rings is 2. The van der Waals surface area contributed by atoms with Crippen LogP contribution in [0.5, 0.6) is 5.75 Å². The lowest BCUT2D eigenvalue weighted by Gasteiger charge is -2.20. The van der Waals surface area contributed by atoms with Crippen LogP contribution < -0.4 is 10.1 Å². The van der Waals surface area contributed by atoms with Gasteiger partial charge in [0.2, 0.25) is 5.91 Å². The Hall–Kier alpha value is -2.54. The number of hydrogen-bond acceptors (Lipinski definition) is 3. The predicted molar refractivity (Wildman–Crippen MR) is 94.0 cm³/mol. The van der Waals surface area contributed by atoms with Crippen molar-refractivity contribution in [2.24, 2.45) is 0 Å². The molecule has 2 aromatic carbocycles. The number of para-hydroxylation sites is 2. The Morgan fingerprint density at radius 1 is 1.08 bits per heavy atom. The van der Waals surface area contributed by atoms with E-state index in [0.29, 0.717) is 5.56 Å². The standard InChI is InChI=1S/C19H21F3N2O2/c1-13-7-6-8-14(2)18(13)23-17(25)12-24(3)11-15-9-4-5-10-16(15)26-19(20,21)22/h4-10H,11-12H2,1-3H3,(H,23,25). The average molecular weight is 366 g/mol. The molecule has 0 saturated heterocycles. The molecular weight excluding hydrogens is 345 g/mol. The molecule has 2 rings (SSSR count). The summed E-state index contributed by atoms with van der Waals surface area (Å²) in [6, 6.07) is 11.6. The summed E-state index contributed by atoms with van der Waals surface area (Å²) in [5.74, 6) is -0.499. The molecule has 4 nitrogen and oxygen atoms in total. The number of rotatable bonds is 6. The number of carbonyl (C=O) groups excluding carboxylic acids is 1. The van der Waals surface area contributed by atoms with Crippen LogP contribution in [0.25, 0.3) is 0 Å². The monoisotopic (exact) mass is 366 g/mol. The van der Waals surface area contributed by atoms with Gasteiger partial charge >= 0.3 is 6.36 Å². The number of carbonyl (C=O) groups is 1. The first-order chi connectivity index (χ1) is 12.2. The van der Waals surface area contributed by atoms with Crippen LogP contribution in [0, 0.1) is 13.8 Å². The molecule has 140 valence electrons. The van der Waals surface area contributed by atoms with E-state index in [0.717, 1.165) is 16.8 Å². The highest BCUT2D eigenvalue weighted by atomic mass is 19.4. The van der Waals surface area contributed by atoms with Crippen LogP contribution in [0.4, 0.5) is 18.9 Å². The third-order valence-electron chi connectivity index (χ3n) is 3.80. The van der Waals surface area contributed by atoms with Crippen LogP contribution in [0.1, 0.15) is 16.7 Å². The van der Waals surface area contributed by atoms with Gasteiger partial charge in [0.25, 0.3) is 0 Å². The first kappa shape index (κ1) is 19.8. The fraction of sp³-hybridized carbons (Fsp3) is 0.316. The van der Waals surface area contributed by atoms with Gasteiger partial charge in [0.05, 0.1) is 6.54 Å². The highest BCUT2D eigenvalue weighted by Gasteiger charge is 2.32. The Bertz CT molecular complexity index is 755. The van der Waals surface area contributed by atoms with Crippen molar-refractivity contribution in [1.82, 2.24) is 4.90 Å². The van der Waals surface area contributed by atoms with E-state index >= 15 is 0 Å². The second-order valence-electron chi connectivity index (χ2n) is 6.14. The van der Waals surface area contributed by atoms with Crippen molar-refractivity contribution in [3.8, 4) is 5.75 Å². The van der Waals surface area contributed by atoms with Gasteiger partial charge in [-0.05, 0) is 38.1 Å². The van der Waals surface area contributed by atoms with Gasteiger partial charge in [-0.1, -0.05) is 36.4 Å². The van der Waals surface area contributed by atoms with Crippen molar-refractivity contribution in [2.45, 2.75) is 26.8 Å². The number of halogens is 3. The second-order valence-corrected chi connectivity index (χ2v) is 6.14. The van der Waals surface area contributed by atoms with Crippen molar-refractivity contribution in [3.63, 3.8) is 0 Å². The zero-order valence-corrected chi connectivity index (χ0v) is 14.9. The summed E-state index contributed by atoms with van der Waals surface area (Å²) in [6.45, 7) is 3.98. The summed E-state index contributed by atoms with van der Waals surface area (Å²) in [6.07, 6.45) is -4.76. The molecule has 0 bridgehead atoms. The summed E-state index contributed by atoms with van der Waals surface area (Å²) in [7, 11) is 1.66. The predicted octanol–water partition coefficient (Wildman–Crippen LogP) is 4.27. The first-order valence-electron chi connectivity index (χ1n) is 8.04. The maximum absolute atomic E-state index is 12.5. The number of nitrogens with zero attached hydrogens (tertiary/aromatic N) is 1. The topological polar surface area (TPSA) is 41.6 Å². The van der Waals surface area contributed by atoms with E-state index < -0.39 is 6.36 Å². The highest BCUT2D eigenvalue weighted by Crippen LogP contribution is 2.27. The van der Waals surface area contributed by atoms with Crippen molar-refractivity contribution >= 4 is 11.6 Å². The lowest BCUT2D eigenvalue weighted by Crippen LogP contribution is -2.30. The summed E-state index contributed by atoms with van der Waals surface area (Å²) < 4.78 is 41.5. The van der Waals surface area contributed by atoms with E-state index in [2.05, 4.69) is 10.1 Å². The molecule has 0 aliphatic heterocycles. The van der Waals surface area contributed by atoms with Crippen LogP contribution in [-0.4, -0.2) is 30.8 Å². The summed E-state index contributed by atoms with van der Waals surface area (Å²) >= 11 is 0. The average Bonchev–Trinajstić information content (AvgIpc) is 2.51. The smallest absolute Gasteiger partial charge is 0.405 e. The Morgan fingerprint density at radius 3 is 2.31 bits per heavy atom. The molecule has 0 spiro atoms. The Kier molecular flexibility index (Phi) is 6.26. The number of hydrogen-bond donors (Lipinski definition) is 1. The van der Waals surface area contributed by atoms with Gasteiger partial charge in [0.15, 0.2) is 0 Å². The van der Waals surface area contributed by atoms with Gasteiger partial charge in [-0.2, -0.15) is 0 Å². The van der Waals surface area contributed by atoms with Crippen molar-refractivity contribution < 1.29 is 22.7 Å². The number of aryl methyl sites for hydroxylation is 2. The number of amides is 1. The number of likely N-dealkylation sites (N-methyl/N-ethyl adjacent to an activating group) is 1. The zero-order chi connectivity index (χ0) is 19.3. The van der Waals surface area contributed by atoms with E-state index in [1.54, 1.807) is 24.1 Å².